The van der Waals surface area contributed by atoms with Crippen molar-refractivity contribution in [3.8, 4) is 0 Å². The summed E-state index contributed by atoms with van der Waals surface area (Å²) in [6.45, 7) is 1.91. The van der Waals surface area contributed by atoms with Gasteiger partial charge in [-0.25, -0.2) is 4.79 Å². The number of aryl methyl sites for hydroxylation is 1. The van der Waals surface area contributed by atoms with E-state index in [-0.39, 0.29) is 12.5 Å². The van der Waals surface area contributed by atoms with Crippen LogP contribution in [-0.4, -0.2) is 35.7 Å². The molecule has 0 atom stereocenters. The molecule has 0 spiro atoms. The van der Waals surface area contributed by atoms with E-state index in [2.05, 4.69) is 25.6 Å². The minimum Gasteiger partial charge on any atom is -0.465 e. The Hall–Kier alpha value is -2.48. The predicted octanol–water partition coefficient (Wildman–Crippen LogP) is 1.68. The SMILES string of the molecule is COC(=O)c1ccc(NCC(=O)Nc2nnc(C)s2)cc1. The number of anilines is 2. The molecule has 1 aromatic heterocycles. The van der Waals surface area contributed by atoms with E-state index in [1.807, 2.05) is 6.92 Å². The summed E-state index contributed by atoms with van der Waals surface area (Å²) in [5.41, 5.74) is 1.18. The summed E-state index contributed by atoms with van der Waals surface area (Å²) in [6.07, 6.45) is 0. The van der Waals surface area contributed by atoms with E-state index < -0.39 is 5.97 Å². The molecule has 0 fully saturated rings. The third-order valence-electron chi connectivity index (χ3n) is 2.53. The topological polar surface area (TPSA) is 93.2 Å². The van der Waals surface area contributed by atoms with Crippen LogP contribution in [0.4, 0.5) is 10.8 Å². The van der Waals surface area contributed by atoms with Crippen molar-refractivity contribution in [3.05, 3.63) is 34.8 Å². The molecule has 1 heterocycles. The van der Waals surface area contributed by atoms with Gasteiger partial charge in [0.05, 0.1) is 19.2 Å². The second-order valence-electron chi connectivity index (χ2n) is 4.10. The lowest BCUT2D eigenvalue weighted by atomic mass is 10.2. The van der Waals surface area contributed by atoms with E-state index in [1.54, 1.807) is 24.3 Å². The highest BCUT2D eigenvalue weighted by Crippen LogP contribution is 2.14. The van der Waals surface area contributed by atoms with Crippen molar-refractivity contribution in [3.63, 3.8) is 0 Å². The van der Waals surface area contributed by atoms with Gasteiger partial charge in [0.25, 0.3) is 0 Å². The van der Waals surface area contributed by atoms with Gasteiger partial charge in [0.15, 0.2) is 0 Å². The van der Waals surface area contributed by atoms with E-state index in [0.29, 0.717) is 10.7 Å². The molecule has 110 valence electrons. The van der Waals surface area contributed by atoms with Crippen LogP contribution in [0.25, 0.3) is 0 Å². The number of hydrogen-bond acceptors (Lipinski definition) is 7. The Kier molecular flexibility index (Phi) is 4.83. The van der Waals surface area contributed by atoms with Crippen molar-refractivity contribution in [1.82, 2.24) is 10.2 Å². The van der Waals surface area contributed by atoms with Gasteiger partial charge in [-0.05, 0) is 31.2 Å². The van der Waals surface area contributed by atoms with Crippen molar-refractivity contribution in [1.29, 1.82) is 0 Å². The maximum absolute atomic E-state index is 11.7. The molecule has 0 aliphatic rings. The summed E-state index contributed by atoms with van der Waals surface area (Å²) in [7, 11) is 1.33. The van der Waals surface area contributed by atoms with Gasteiger partial charge >= 0.3 is 5.97 Å². The maximum atomic E-state index is 11.7. The Morgan fingerprint density at radius 3 is 2.52 bits per heavy atom. The van der Waals surface area contributed by atoms with Crippen LogP contribution in [0.2, 0.25) is 0 Å². The van der Waals surface area contributed by atoms with Crippen LogP contribution < -0.4 is 10.6 Å². The molecule has 1 amide bonds. The predicted molar refractivity (Wildman–Crippen MR) is 79.5 cm³/mol. The first kappa shape index (κ1) is 14.9. The lowest BCUT2D eigenvalue weighted by Gasteiger charge is -2.06. The molecule has 0 saturated carbocycles. The first-order chi connectivity index (χ1) is 10.1. The van der Waals surface area contributed by atoms with Crippen molar-refractivity contribution in [2.45, 2.75) is 6.92 Å². The highest BCUT2D eigenvalue weighted by molar-refractivity contribution is 7.15. The zero-order valence-electron chi connectivity index (χ0n) is 11.5. The average molecular weight is 306 g/mol. The molecule has 0 aliphatic heterocycles. The largest absolute Gasteiger partial charge is 0.465 e. The number of methoxy groups -OCH3 is 1. The molecule has 2 aromatic rings. The van der Waals surface area contributed by atoms with Gasteiger partial charge in [-0.3, -0.25) is 10.1 Å². The Labute approximate surface area is 125 Å². The monoisotopic (exact) mass is 306 g/mol. The van der Waals surface area contributed by atoms with Gasteiger partial charge in [-0.1, -0.05) is 11.3 Å². The minimum absolute atomic E-state index is 0.0935. The summed E-state index contributed by atoms with van der Waals surface area (Å²) >= 11 is 1.31. The van der Waals surface area contributed by atoms with Crippen molar-refractivity contribution in [2.75, 3.05) is 24.3 Å². The van der Waals surface area contributed by atoms with E-state index in [9.17, 15) is 9.59 Å². The number of nitrogens with zero attached hydrogens (tertiary/aromatic N) is 2. The Morgan fingerprint density at radius 2 is 1.95 bits per heavy atom. The molecule has 0 saturated heterocycles. The van der Waals surface area contributed by atoms with Crippen molar-refractivity contribution >= 4 is 34.0 Å². The lowest BCUT2D eigenvalue weighted by Crippen LogP contribution is -2.21. The number of carbonyl (C=O) groups excluding carboxylic acids is 2. The normalized spacial score (nSPS) is 10.0. The second-order valence-corrected chi connectivity index (χ2v) is 5.28. The van der Waals surface area contributed by atoms with Gasteiger partial charge in [-0.2, -0.15) is 0 Å². The summed E-state index contributed by atoms with van der Waals surface area (Å²) in [6, 6.07) is 6.66. The van der Waals surface area contributed by atoms with Crippen molar-refractivity contribution in [2.24, 2.45) is 0 Å². The first-order valence-electron chi connectivity index (χ1n) is 6.10. The number of ether oxygens (including phenoxy) is 1. The summed E-state index contributed by atoms with van der Waals surface area (Å²) in [5, 5.41) is 14.5. The number of hydrogen-bond donors (Lipinski definition) is 2. The highest BCUT2D eigenvalue weighted by atomic mass is 32.1. The molecular formula is C13H14N4O3S. The third-order valence-corrected chi connectivity index (χ3v) is 3.29. The molecule has 7 nitrogen and oxygen atoms in total. The first-order valence-corrected chi connectivity index (χ1v) is 6.92. The fraction of sp³-hybridized carbons (Fsp3) is 0.231. The Balaban J connectivity index is 1.85. The van der Waals surface area contributed by atoms with Gasteiger partial charge in [0.2, 0.25) is 11.0 Å². The number of benzene rings is 1. The number of nitrogens with one attached hydrogen (secondary N) is 2. The fourth-order valence-corrected chi connectivity index (χ4v) is 2.14. The van der Waals surface area contributed by atoms with Crippen LogP contribution in [0.3, 0.4) is 0 Å². The van der Waals surface area contributed by atoms with Crippen LogP contribution in [0.1, 0.15) is 15.4 Å². The van der Waals surface area contributed by atoms with E-state index in [1.165, 1.54) is 18.4 Å². The van der Waals surface area contributed by atoms with Gasteiger partial charge in [0.1, 0.15) is 5.01 Å². The summed E-state index contributed by atoms with van der Waals surface area (Å²) < 4.78 is 4.61. The molecular weight excluding hydrogens is 292 g/mol. The molecule has 2 N–H and O–H groups in total. The molecule has 0 unspecified atom stereocenters. The molecule has 0 radical (unpaired) electrons. The van der Waals surface area contributed by atoms with Gasteiger partial charge in [-0.15, -0.1) is 10.2 Å². The Bertz CT molecular complexity index is 639. The molecule has 1 aromatic carbocycles. The minimum atomic E-state index is -0.397. The molecule has 8 heteroatoms. The van der Waals surface area contributed by atoms with E-state index in [0.717, 1.165) is 10.7 Å². The Morgan fingerprint density at radius 1 is 1.24 bits per heavy atom. The van der Waals surface area contributed by atoms with E-state index in [4.69, 9.17) is 0 Å². The van der Waals surface area contributed by atoms with E-state index >= 15 is 0 Å². The van der Waals surface area contributed by atoms with Crippen LogP contribution in [0, 0.1) is 6.92 Å². The molecule has 2 rings (SSSR count). The molecule has 21 heavy (non-hydrogen) atoms. The standard InChI is InChI=1S/C13H14N4O3S/c1-8-16-17-13(21-8)15-11(18)7-14-10-5-3-9(4-6-10)12(19)20-2/h3-6,14H,7H2,1-2H3,(H,15,17,18). The molecule has 0 bridgehead atoms. The fourth-order valence-electron chi connectivity index (χ4n) is 1.53. The van der Waals surface area contributed by atoms with Crippen LogP contribution >= 0.6 is 11.3 Å². The third kappa shape index (κ3) is 4.25. The summed E-state index contributed by atoms with van der Waals surface area (Å²) in [4.78, 5) is 23.0. The maximum Gasteiger partial charge on any atom is 0.337 e. The second kappa shape index (κ2) is 6.80. The number of amides is 1. The average Bonchev–Trinajstić information content (AvgIpc) is 2.90. The van der Waals surface area contributed by atoms with Crippen LogP contribution in [0.15, 0.2) is 24.3 Å². The molecule has 0 aliphatic carbocycles. The number of aromatic nitrogens is 2. The number of rotatable bonds is 5. The van der Waals surface area contributed by atoms with Gasteiger partial charge < -0.3 is 10.1 Å². The van der Waals surface area contributed by atoms with Crippen LogP contribution in [0.5, 0.6) is 0 Å². The summed E-state index contributed by atoms with van der Waals surface area (Å²) in [5.74, 6) is -0.617. The van der Waals surface area contributed by atoms with Gasteiger partial charge in [0, 0.05) is 5.69 Å². The zero-order valence-corrected chi connectivity index (χ0v) is 12.4. The highest BCUT2D eigenvalue weighted by Gasteiger charge is 2.07. The smallest absolute Gasteiger partial charge is 0.337 e. The number of esters is 1. The number of carbonyl (C=O) groups is 2. The zero-order chi connectivity index (χ0) is 15.2. The van der Waals surface area contributed by atoms with Crippen LogP contribution in [-0.2, 0) is 9.53 Å². The quantitative estimate of drug-likeness (QED) is 0.816. The lowest BCUT2D eigenvalue weighted by molar-refractivity contribution is -0.114. The van der Waals surface area contributed by atoms with Crippen molar-refractivity contribution < 1.29 is 14.3 Å².